The lowest BCUT2D eigenvalue weighted by molar-refractivity contribution is -0.133. The van der Waals surface area contributed by atoms with Gasteiger partial charge in [-0.2, -0.15) is 0 Å². The van der Waals surface area contributed by atoms with Crippen LogP contribution in [0.2, 0.25) is 0 Å². The maximum atomic E-state index is 12.5. The molecule has 0 aromatic carbocycles. The van der Waals surface area contributed by atoms with E-state index in [9.17, 15) is 19.8 Å². The van der Waals surface area contributed by atoms with E-state index in [2.05, 4.69) is 18.1 Å². The number of pyridine rings is 1. The van der Waals surface area contributed by atoms with Gasteiger partial charge in [-0.3, -0.25) is 19.5 Å². The Labute approximate surface area is 187 Å². The molecule has 1 aliphatic heterocycles. The summed E-state index contributed by atoms with van der Waals surface area (Å²) in [5.74, 6) is -0.408. The van der Waals surface area contributed by atoms with E-state index in [1.807, 2.05) is 18.2 Å². The molecule has 9 nitrogen and oxygen atoms in total. The topological polar surface area (TPSA) is 123 Å². The van der Waals surface area contributed by atoms with E-state index in [1.54, 1.807) is 25.4 Å². The maximum Gasteiger partial charge on any atom is 0.248 e. The highest BCUT2D eigenvalue weighted by Crippen LogP contribution is 2.23. The molecule has 1 fully saturated rings. The van der Waals surface area contributed by atoms with Crippen molar-refractivity contribution in [1.82, 2.24) is 14.8 Å². The van der Waals surface area contributed by atoms with Crippen LogP contribution in [-0.4, -0.2) is 80.6 Å². The summed E-state index contributed by atoms with van der Waals surface area (Å²) in [7, 11) is 1.59. The number of aliphatic hydroxyl groups excluding tert-OH is 3. The predicted octanol–water partition coefficient (Wildman–Crippen LogP) is 0.292. The van der Waals surface area contributed by atoms with E-state index in [0.29, 0.717) is 18.5 Å². The molecular weight excluding hydrogens is 414 g/mol. The van der Waals surface area contributed by atoms with Crippen molar-refractivity contribution in [2.75, 3.05) is 13.7 Å². The monoisotopic (exact) mass is 443 g/mol. The van der Waals surface area contributed by atoms with E-state index in [1.165, 1.54) is 4.90 Å². The minimum absolute atomic E-state index is 0.237. The van der Waals surface area contributed by atoms with Crippen LogP contribution in [0.15, 0.2) is 67.6 Å². The van der Waals surface area contributed by atoms with Crippen LogP contribution in [0.1, 0.15) is 11.3 Å². The molecule has 0 saturated carbocycles. The second kappa shape index (κ2) is 12.1. The summed E-state index contributed by atoms with van der Waals surface area (Å²) in [5, 5.41) is 29.0. The number of hydrogen-bond donors (Lipinski definition) is 3. The fourth-order valence-corrected chi connectivity index (χ4v) is 3.22. The number of amides is 2. The molecule has 32 heavy (non-hydrogen) atoms. The zero-order valence-corrected chi connectivity index (χ0v) is 17.9. The SMILES string of the molecule is C=C/C=C(\C=C)Cc1ccnc(CN(C)C(=O)/C=C\N(C=O)C2OC(CO)C(O)C2O)c1. The number of aliphatic hydroxyl groups is 3. The number of carbonyl (C=O) groups is 2. The summed E-state index contributed by atoms with van der Waals surface area (Å²) in [4.78, 5) is 30.5. The molecule has 1 saturated heterocycles. The molecule has 172 valence electrons. The minimum atomic E-state index is -1.42. The van der Waals surface area contributed by atoms with Gasteiger partial charge >= 0.3 is 0 Å². The Morgan fingerprint density at radius 1 is 1.31 bits per heavy atom. The van der Waals surface area contributed by atoms with Crippen molar-refractivity contribution in [3.8, 4) is 0 Å². The molecular formula is C23H29N3O6. The van der Waals surface area contributed by atoms with Gasteiger partial charge in [0.25, 0.3) is 0 Å². The lowest BCUT2D eigenvalue weighted by Gasteiger charge is -2.23. The predicted molar refractivity (Wildman–Crippen MR) is 118 cm³/mol. The van der Waals surface area contributed by atoms with Crippen LogP contribution in [0.5, 0.6) is 0 Å². The summed E-state index contributed by atoms with van der Waals surface area (Å²) in [6.45, 7) is 7.19. The second-order valence-electron chi connectivity index (χ2n) is 7.31. The summed E-state index contributed by atoms with van der Waals surface area (Å²) in [6, 6.07) is 3.78. The Bertz CT molecular complexity index is 884. The zero-order valence-electron chi connectivity index (χ0n) is 17.9. The molecule has 4 unspecified atom stereocenters. The smallest absolute Gasteiger partial charge is 0.248 e. The number of likely N-dealkylation sites (N-methyl/N-ethyl adjacent to an activating group) is 1. The van der Waals surface area contributed by atoms with Crippen molar-refractivity contribution >= 4 is 12.3 Å². The minimum Gasteiger partial charge on any atom is -0.394 e. The number of hydrogen-bond acceptors (Lipinski definition) is 7. The fraction of sp³-hybridized carbons (Fsp3) is 0.348. The van der Waals surface area contributed by atoms with Gasteiger partial charge in [-0.15, -0.1) is 0 Å². The standard InChI is InChI=1S/C23H29N3O6/c1-4-6-16(5-2)11-17-7-9-24-18(12-17)13-25(3)20(29)8-10-26(15-28)23-22(31)21(30)19(14-27)32-23/h4-10,12,15,19,21-23,27,30-31H,1-2,11,13-14H2,3H3/b10-8-,16-6+. The zero-order chi connectivity index (χ0) is 23.7. The van der Waals surface area contributed by atoms with E-state index in [0.717, 1.165) is 28.3 Å². The van der Waals surface area contributed by atoms with E-state index < -0.39 is 37.1 Å². The normalized spacial score (nSPS) is 23.2. The molecule has 0 radical (unpaired) electrons. The van der Waals surface area contributed by atoms with Crippen LogP contribution in [-0.2, 0) is 27.3 Å². The van der Waals surface area contributed by atoms with Crippen LogP contribution in [0.3, 0.4) is 0 Å². The molecule has 0 spiro atoms. The molecule has 2 rings (SSSR count). The van der Waals surface area contributed by atoms with E-state index in [-0.39, 0.29) is 6.54 Å². The number of nitrogens with zero attached hydrogens (tertiary/aromatic N) is 3. The van der Waals surface area contributed by atoms with Crippen LogP contribution in [0.4, 0.5) is 0 Å². The third-order valence-electron chi connectivity index (χ3n) is 4.98. The number of aromatic nitrogens is 1. The molecule has 2 amide bonds. The first kappa shape index (κ1) is 25.2. The summed E-state index contributed by atoms with van der Waals surface area (Å²) >= 11 is 0. The largest absolute Gasteiger partial charge is 0.394 e. The molecule has 1 aliphatic rings. The molecule has 4 atom stereocenters. The lowest BCUT2D eigenvalue weighted by atomic mass is 10.0. The molecule has 1 aromatic heterocycles. The number of allylic oxidation sites excluding steroid dienone is 4. The van der Waals surface area contributed by atoms with Gasteiger partial charge in [-0.1, -0.05) is 31.4 Å². The number of carbonyl (C=O) groups excluding carboxylic acids is 2. The Hall–Kier alpha value is -3.11. The molecule has 2 heterocycles. The van der Waals surface area contributed by atoms with E-state index >= 15 is 0 Å². The second-order valence-corrected chi connectivity index (χ2v) is 7.31. The highest BCUT2D eigenvalue weighted by Gasteiger charge is 2.44. The number of rotatable bonds is 11. The highest BCUT2D eigenvalue weighted by atomic mass is 16.6. The number of ether oxygens (including phenoxy) is 1. The first-order chi connectivity index (χ1) is 15.3. The quantitative estimate of drug-likeness (QED) is 0.255. The van der Waals surface area contributed by atoms with Crippen molar-refractivity contribution in [2.45, 2.75) is 37.5 Å². The Morgan fingerprint density at radius 3 is 2.66 bits per heavy atom. The van der Waals surface area contributed by atoms with Gasteiger partial charge in [0, 0.05) is 25.5 Å². The Kier molecular flexibility index (Phi) is 9.48. The molecule has 1 aromatic rings. The third-order valence-corrected chi connectivity index (χ3v) is 4.98. The van der Waals surface area contributed by atoms with Gasteiger partial charge in [0.15, 0.2) is 6.23 Å². The lowest BCUT2D eigenvalue weighted by Crippen LogP contribution is -2.41. The molecule has 9 heteroatoms. The van der Waals surface area contributed by atoms with Crippen molar-refractivity contribution in [3.63, 3.8) is 0 Å². The van der Waals surface area contributed by atoms with Crippen LogP contribution in [0.25, 0.3) is 0 Å². The van der Waals surface area contributed by atoms with E-state index in [4.69, 9.17) is 9.84 Å². The Balaban J connectivity index is 2.02. The summed E-state index contributed by atoms with van der Waals surface area (Å²) in [5.41, 5.74) is 2.70. The molecule has 0 aliphatic carbocycles. The summed E-state index contributed by atoms with van der Waals surface area (Å²) in [6.07, 6.45) is 5.32. The highest BCUT2D eigenvalue weighted by molar-refractivity contribution is 5.87. The van der Waals surface area contributed by atoms with Gasteiger partial charge in [0.2, 0.25) is 12.3 Å². The first-order valence-electron chi connectivity index (χ1n) is 10.0. The van der Waals surface area contributed by atoms with Gasteiger partial charge in [0.05, 0.1) is 18.8 Å². The molecule has 3 N–H and O–H groups in total. The van der Waals surface area contributed by atoms with Crippen molar-refractivity contribution in [2.24, 2.45) is 0 Å². The van der Waals surface area contributed by atoms with Crippen molar-refractivity contribution in [3.05, 3.63) is 78.8 Å². The van der Waals surface area contributed by atoms with Crippen LogP contribution >= 0.6 is 0 Å². The van der Waals surface area contributed by atoms with Crippen molar-refractivity contribution in [1.29, 1.82) is 0 Å². The van der Waals surface area contributed by atoms with Gasteiger partial charge in [0.1, 0.15) is 18.3 Å². The van der Waals surface area contributed by atoms with Gasteiger partial charge in [-0.05, 0) is 29.7 Å². The van der Waals surface area contributed by atoms with Crippen LogP contribution in [0, 0.1) is 0 Å². The molecule has 0 bridgehead atoms. The van der Waals surface area contributed by atoms with Crippen LogP contribution < -0.4 is 0 Å². The average molecular weight is 444 g/mol. The first-order valence-corrected chi connectivity index (χ1v) is 10.0. The van der Waals surface area contributed by atoms with Crippen molar-refractivity contribution < 1.29 is 29.6 Å². The van der Waals surface area contributed by atoms with Gasteiger partial charge < -0.3 is 25.0 Å². The maximum absolute atomic E-state index is 12.5. The third kappa shape index (κ3) is 6.44. The van der Waals surface area contributed by atoms with Gasteiger partial charge in [-0.25, -0.2) is 0 Å². The average Bonchev–Trinajstić information content (AvgIpc) is 3.07. The fourth-order valence-electron chi connectivity index (χ4n) is 3.22. The summed E-state index contributed by atoms with van der Waals surface area (Å²) < 4.78 is 5.29. The Morgan fingerprint density at radius 2 is 2.06 bits per heavy atom.